The average Bonchev–Trinajstić information content (AvgIpc) is 2.59. The Morgan fingerprint density at radius 1 is 0.690 bits per heavy atom. The Kier molecular flexibility index (Phi) is 5.31. The minimum atomic E-state index is -1.45. The minimum Gasteiger partial charge on any atom is -0.478 e. The lowest BCUT2D eigenvalue weighted by Gasteiger charge is -2.36. The predicted molar refractivity (Wildman–Crippen MR) is 100 cm³/mol. The molecule has 0 unspecified atom stereocenters. The van der Waals surface area contributed by atoms with Crippen molar-refractivity contribution in [3.05, 3.63) is 57.6 Å². The molecule has 0 spiro atoms. The van der Waals surface area contributed by atoms with E-state index < -0.39 is 40.4 Å². The van der Waals surface area contributed by atoms with Gasteiger partial charge in [0.2, 0.25) is 0 Å². The van der Waals surface area contributed by atoms with Gasteiger partial charge in [0.1, 0.15) is 22.6 Å². The zero-order valence-electron chi connectivity index (χ0n) is 15.0. The summed E-state index contributed by atoms with van der Waals surface area (Å²) in [6.07, 6.45) is 0. The van der Waals surface area contributed by atoms with Gasteiger partial charge in [0.25, 0.3) is 0 Å². The summed E-state index contributed by atoms with van der Waals surface area (Å²) in [4.78, 5) is 46.2. The lowest BCUT2D eigenvalue weighted by Crippen LogP contribution is -2.28. The Hall–Kier alpha value is -3.59. The fourth-order valence-electron chi connectivity index (χ4n) is 3.22. The first-order valence-electron chi connectivity index (χ1n) is 7.93. The summed E-state index contributed by atoms with van der Waals surface area (Å²) in [5, 5.41) is 37.6. The van der Waals surface area contributed by atoms with Gasteiger partial charge in [-0.05, 0) is 24.3 Å². The summed E-state index contributed by atoms with van der Waals surface area (Å²) < 4.78 is 5.62. The number of rotatable bonds is 4. The van der Waals surface area contributed by atoms with Crippen molar-refractivity contribution < 1.29 is 44.3 Å². The summed E-state index contributed by atoms with van der Waals surface area (Å²) in [6.45, 7) is 3.20. The molecule has 0 bridgehead atoms. The van der Waals surface area contributed by atoms with Crippen LogP contribution >= 0.6 is 12.4 Å². The van der Waals surface area contributed by atoms with Crippen LogP contribution in [0.3, 0.4) is 0 Å². The van der Waals surface area contributed by atoms with Crippen LogP contribution in [0.15, 0.2) is 24.3 Å². The second-order valence-electron chi connectivity index (χ2n) is 6.75. The van der Waals surface area contributed by atoms with Crippen molar-refractivity contribution in [1.82, 2.24) is 0 Å². The third kappa shape index (κ3) is 3.36. The molecule has 152 valence electrons. The van der Waals surface area contributed by atoms with Crippen molar-refractivity contribution in [3.63, 3.8) is 0 Å². The van der Waals surface area contributed by atoms with E-state index in [9.17, 15) is 39.6 Å². The molecule has 9 nitrogen and oxygen atoms in total. The van der Waals surface area contributed by atoms with Crippen molar-refractivity contribution in [3.8, 4) is 11.5 Å². The number of hydrogen-bond acceptors (Lipinski definition) is 5. The zero-order valence-corrected chi connectivity index (χ0v) is 15.9. The van der Waals surface area contributed by atoms with Crippen LogP contribution in [0.4, 0.5) is 0 Å². The molecule has 0 saturated heterocycles. The molecule has 2 aromatic rings. The Morgan fingerprint density at radius 2 is 1.03 bits per heavy atom. The average molecular weight is 423 g/mol. The van der Waals surface area contributed by atoms with Crippen molar-refractivity contribution in [2.24, 2.45) is 0 Å². The SMILES string of the molecule is CC1(C)c2cc(C(=O)O)cc(C(=O)O)c2Oc2c(C(=O)O)cc(C(=O)O)cc21.Cl. The van der Waals surface area contributed by atoms with Crippen LogP contribution in [0.1, 0.15) is 66.4 Å². The smallest absolute Gasteiger partial charge is 0.339 e. The topological polar surface area (TPSA) is 158 Å². The molecular formula is C19H15ClO9. The third-order valence-corrected chi connectivity index (χ3v) is 4.68. The first kappa shape index (κ1) is 21.7. The number of ether oxygens (including phenoxy) is 1. The van der Waals surface area contributed by atoms with Gasteiger partial charge >= 0.3 is 23.9 Å². The number of aromatic carboxylic acids is 4. The highest BCUT2D eigenvalue weighted by Gasteiger charge is 2.40. The van der Waals surface area contributed by atoms with Gasteiger partial charge in [-0.2, -0.15) is 0 Å². The Morgan fingerprint density at radius 3 is 1.31 bits per heavy atom. The number of carboxylic acids is 4. The van der Waals surface area contributed by atoms with Gasteiger partial charge < -0.3 is 25.2 Å². The number of hydrogen-bond donors (Lipinski definition) is 4. The highest BCUT2D eigenvalue weighted by atomic mass is 35.5. The maximum absolute atomic E-state index is 11.7. The molecule has 0 radical (unpaired) electrons. The maximum Gasteiger partial charge on any atom is 0.339 e. The fourth-order valence-corrected chi connectivity index (χ4v) is 3.22. The molecular weight excluding hydrogens is 408 g/mol. The molecule has 3 rings (SSSR count). The molecule has 0 saturated carbocycles. The van der Waals surface area contributed by atoms with E-state index in [1.165, 1.54) is 12.1 Å². The van der Waals surface area contributed by atoms with Crippen molar-refractivity contribution >= 4 is 36.3 Å². The molecule has 10 heteroatoms. The highest BCUT2D eigenvalue weighted by Crippen LogP contribution is 2.51. The first-order chi connectivity index (χ1) is 12.9. The molecule has 29 heavy (non-hydrogen) atoms. The summed E-state index contributed by atoms with van der Waals surface area (Å²) >= 11 is 0. The molecule has 0 atom stereocenters. The van der Waals surface area contributed by atoms with E-state index in [-0.39, 0.29) is 46.2 Å². The van der Waals surface area contributed by atoms with Crippen LogP contribution in [0, 0.1) is 0 Å². The largest absolute Gasteiger partial charge is 0.478 e. The maximum atomic E-state index is 11.7. The van der Waals surface area contributed by atoms with Crippen LogP contribution in [0.5, 0.6) is 11.5 Å². The minimum absolute atomic E-state index is 0. The van der Waals surface area contributed by atoms with E-state index >= 15 is 0 Å². The van der Waals surface area contributed by atoms with Crippen molar-refractivity contribution in [1.29, 1.82) is 0 Å². The summed E-state index contributed by atoms with van der Waals surface area (Å²) in [5.41, 5.74) is -2.20. The monoisotopic (exact) mass is 422 g/mol. The van der Waals surface area contributed by atoms with E-state index in [0.29, 0.717) is 0 Å². The zero-order chi connectivity index (χ0) is 21.0. The Balaban J connectivity index is 0.00000300. The van der Waals surface area contributed by atoms with Gasteiger partial charge in [-0.1, -0.05) is 13.8 Å². The number of fused-ring (bicyclic) bond motifs is 2. The highest BCUT2D eigenvalue weighted by molar-refractivity contribution is 6.00. The number of benzene rings is 2. The molecule has 0 aliphatic carbocycles. The molecule has 2 aromatic carbocycles. The second kappa shape index (κ2) is 7.10. The molecule has 0 amide bonds. The van der Waals surface area contributed by atoms with Gasteiger partial charge in [0.15, 0.2) is 0 Å². The molecule has 1 heterocycles. The second-order valence-corrected chi connectivity index (χ2v) is 6.75. The number of carboxylic acid groups (broad SMARTS) is 4. The standard InChI is InChI=1S/C19H14O9.ClH/c1-19(2)11-5-7(15(20)21)3-9(17(24)25)13(11)28-14-10(18(26)27)4-8(16(22)23)6-12(14)19;/h3-6H,1-2H3,(H,20,21)(H,22,23)(H,24,25)(H,26,27);1H. The van der Waals surface area contributed by atoms with E-state index in [0.717, 1.165) is 12.1 Å². The van der Waals surface area contributed by atoms with Gasteiger partial charge in [-0.15, -0.1) is 12.4 Å². The van der Waals surface area contributed by atoms with Gasteiger partial charge in [0.05, 0.1) is 11.1 Å². The van der Waals surface area contributed by atoms with E-state index in [1.807, 2.05) is 0 Å². The molecule has 4 N–H and O–H groups in total. The summed E-state index contributed by atoms with van der Waals surface area (Å²) in [7, 11) is 0. The predicted octanol–water partition coefficient (Wildman–Crippen LogP) is 3.33. The third-order valence-electron chi connectivity index (χ3n) is 4.68. The van der Waals surface area contributed by atoms with E-state index in [4.69, 9.17) is 4.74 Å². The Labute approximate surface area is 169 Å². The lowest BCUT2D eigenvalue weighted by atomic mass is 9.73. The fraction of sp³-hybridized carbons (Fsp3) is 0.158. The molecule has 0 fully saturated rings. The van der Waals surface area contributed by atoms with Crippen LogP contribution in [-0.4, -0.2) is 44.3 Å². The Bertz CT molecular complexity index is 1000. The molecule has 1 aliphatic heterocycles. The summed E-state index contributed by atoms with van der Waals surface area (Å²) in [5.74, 6) is -5.95. The quantitative estimate of drug-likeness (QED) is 0.579. The number of halogens is 1. The normalized spacial score (nSPS) is 13.2. The van der Waals surface area contributed by atoms with Crippen LogP contribution < -0.4 is 4.74 Å². The van der Waals surface area contributed by atoms with Crippen LogP contribution in [0.25, 0.3) is 0 Å². The van der Waals surface area contributed by atoms with Gasteiger partial charge in [-0.3, -0.25) is 0 Å². The first-order valence-corrected chi connectivity index (χ1v) is 7.93. The van der Waals surface area contributed by atoms with Crippen LogP contribution in [0.2, 0.25) is 0 Å². The molecule has 0 aromatic heterocycles. The van der Waals surface area contributed by atoms with Gasteiger partial charge in [0, 0.05) is 16.5 Å². The molecule has 1 aliphatic rings. The lowest BCUT2D eigenvalue weighted by molar-refractivity contribution is 0.0677. The number of carbonyl (C=O) groups is 4. The van der Waals surface area contributed by atoms with Crippen molar-refractivity contribution in [2.45, 2.75) is 19.3 Å². The van der Waals surface area contributed by atoms with Crippen LogP contribution in [-0.2, 0) is 5.41 Å². The summed E-state index contributed by atoms with van der Waals surface area (Å²) in [6, 6.07) is 4.33. The van der Waals surface area contributed by atoms with Gasteiger partial charge in [-0.25, -0.2) is 19.2 Å². The van der Waals surface area contributed by atoms with E-state index in [1.54, 1.807) is 13.8 Å². The van der Waals surface area contributed by atoms with E-state index in [2.05, 4.69) is 0 Å². The van der Waals surface area contributed by atoms with Crippen molar-refractivity contribution in [2.75, 3.05) is 0 Å².